The predicted octanol–water partition coefficient (Wildman–Crippen LogP) is 1.44. The number of rotatable bonds is 6. The normalized spacial score (nSPS) is 21.2. The van der Waals surface area contributed by atoms with Gasteiger partial charge in [0, 0.05) is 27.2 Å². The molecule has 0 radical (unpaired) electrons. The van der Waals surface area contributed by atoms with Crippen LogP contribution in [0.3, 0.4) is 0 Å². The smallest absolute Gasteiger partial charge is 0.334 e. The minimum Gasteiger partial charge on any atom is -0.383 e. The Morgan fingerprint density at radius 2 is 1.73 bits per heavy atom. The van der Waals surface area contributed by atoms with Crippen molar-refractivity contribution >= 4 is 17.8 Å². The van der Waals surface area contributed by atoms with E-state index >= 15 is 0 Å². The van der Waals surface area contributed by atoms with Crippen LogP contribution in [0.15, 0.2) is 60.7 Å². The second kappa shape index (κ2) is 10.0. The average molecular weight is 452 g/mol. The van der Waals surface area contributed by atoms with E-state index < -0.39 is 12.2 Å². The molecule has 0 aromatic heterocycles. The second-order valence-electron chi connectivity index (χ2n) is 8.18. The van der Waals surface area contributed by atoms with Gasteiger partial charge < -0.3 is 19.9 Å². The van der Waals surface area contributed by atoms with Gasteiger partial charge in [-0.05, 0) is 11.1 Å². The summed E-state index contributed by atoms with van der Waals surface area (Å²) in [5.74, 6) is -0.361. The van der Waals surface area contributed by atoms with Crippen LogP contribution in [0.2, 0.25) is 0 Å². The number of ether oxygens (including phenoxy) is 1. The minimum atomic E-state index is -0.799. The van der Waals surface area contributed by atoms with E-state index in [1.807, 2.05) is 60.7 Å². The lowest BCUT2D eigenvalue weighted by Gasteiger charge is -2.54. The first kappa shape index (κ1) is 22.8. The maximum absolute atomic E-state index is 13.4. The van der Waals surface area contributed by atoms with Gasteiger partial charge in [0.1, 0.15) is 12.2 Å². The molecule has 2 aromatic carbocycles. The van der Waals surface area contributed by atoms with Crippen molar-refractivity contribution in [1.82, 2.24) is 25.1 Å². The highest BCUT2D eigenvalue weighted by Gasteiger charge is 2.51. The number of urea groups is 1. The highest BCUT2D eigenvalue weighted by Crippen LogP contribution is 2.34. The van der Waals surface area contributed by atoms with Crippen molar-refractivity contribution in [3.63, 3.8) is 0 Å². The number of likely N-dealkylation sites (N-methyl/N-ethyl adjacent to an activating group) is 1. The number of fused-ring (bicyclic) bond motifs is 1. The van der Waals surface area contributed by atoms with E-state index in [-0.39, 0.29) is 30.9 Å². The summed E-state index contributed by atoms with van der Waals surface area (Å²) in [6, 6.07) is 17.7. The summed E-state index contributed by atoms with van der Waals surface area (Å²) in [7, 11) is 3.29. The van der Waals surface area contributed by atoms with Gasteiger partial charge in [-0.1, -0.05) is 60.7 Å². The molecule has 9 nitrogen and oxygen atoms in total. The maximum Gasteiger partial charge on any atom is 0.334 e. The van der Waals surface area contributed by atoms with Crippen molar-refractivity contribution < 1.29 is 19.1 Å². The number of nitrogens with one attached hydrogen (secondary N) is 1. The van der Waals surface area contributed by atoms with Crippen LogP contribution in [0.4, 0.5) is 4.79 Å². The Morgan fingerprint density at radius 3 is 2.39 bits per heavy atom. The summed E-state index contributed by atoms with van der Waals surface area (Å²) in [6.07, 6.45) is -0.633. The summed E-state index contributed by atoms with van der Waals surface area (Å²) in [4.78, 5) is 43.1. The van der Waals surface area contributed by atoms with Crippen molar-refractivity contribution in [3.05, 3.63) is 71.8 Å². The van der Waals surface area contributed by atoms with Crippen LogP contribution in [0, 0.1) is 0 Å². The van der Waals surface area contributed by atoms with E-state index in [9.17, 15) is 14.4 Å². The zero-order valence-electron chi connectivity index (χ0n) is 18.9. The van der Waals surface area contributed by atoms with Gasteiger partial charge in [-0.15, -0.1) is 0 Å². The zero-order chi connectivity index (χ0) is 23.4. The fourth-order valence-electron chi connectivity index (χ4n) is 4.41. The van der Waals surface area contributed by atoms with Gasteiger partial charge in [0.25, 0.3) is 0 Å². The monoisotopic (exact) mass is 451 g/mol. The molecule has 2 aliphatic rings. The number of benzene rings is 2. The molecule has 0 spiro atoms. The lowest BCUT2D eigenvalue weighted by molar-refractivity contribution is -0.188. The molecule has 9 heteroatoms. The molecule has 174 valence electrons. The molecule has 0 bridgehead atoms. The molecule has 2 aromatic rings. The highest BCUT2D eigenvalue weighted by molar-refractivity contribution is 5.92. The number of carbonyl (C=O) groups is 3. The quantitative estimate of drug-likeness (QED) is 0.719. The lowest BCUT2D eigenvalue weighted by atomic mass is 9.99. The fourth-order valence-corrected chi connectivity index (χ4v) is 4.41. The largest absolute Gasteiger partial charge is 0.383 e. The van der Waals surface area contributed by atoms with Crippen LogP contribution in [-0.4, -0.2) is 84.2 Å². The Balaban J connectivity index is 1.64. The molecule has 2 fully saturated rings. The van der Waals surface area contributed by atoms with E-state index in [1.165, 1.54) is 0 Å². The van der Waals surface area contributed by atoms with Gasteiger partial charge >= 0.3 is 6.03 Å². The number of nitrogens with zero attached hydrogens (tertiary/aromatic N) is 4. The highest BCUT2D eigenvalue weighted by atomic mass is 16.5. The van der Waals surface area contributed by atoms with E-state index in [2.05, 4.69) is 5.32 Å². The Morgan fingerprint density at radius 1 is 1.06 bits per heavy atom. The number of hydrogen-bond donors (Lipinski definition) is 1. The number of piperazine rings is 1. The van der Waals surface area contributed by atoms with Crippen molar-refractivity contribution in [2.75, 3.05) is 40.4 Å². The number of amides is 4. The average Bonchev–Trinajstić information content (AvgIpc) is 2.83. The van der Waals surface area contributed by atoms with Crippen molar-refractivity contribution in [3.8, 4) is 0 Å². The van der Waals surface area contributed by atoms with Crippen LogP contribution in [-0.2, 0) is 20.9 Å². The molecule has 1 N–H and O–H groups in total. The van der Waals surface area contributed by atoms with Crippen LogP contribution >= 0.6 is 0 Å². The number of hydrazine groups is 1. The minimum absolute atomic E-state index is 0.00391. The van der Waals surface area contributed by atoms with Crippen molar-refractivity contribution in [1.29, 1.82) is 0 Å². The third-order valence-corrected chi connectivity index (χ3v) is 6.01. The molecule has 0 unspecified atom stereocenters. The van der Waals surface area contributed by atoms with E-state index in [0.29, 0.717) is 19.7 Å². The number of hydrogen-bond acceptors (Lipinski definition) is 5. The van der Waals surface area contributed by atoms with Crippen molar-refractivity contribution in [2.24, 2.45) is 0 Å². The molecule has 4 rings (SSSR count). The third kappa shape index (κ3) is 4.69. The molecule has 2 heterocycles. The molecular formula is C24H29N5O4. The Kier molecular flexibility index (Phi) is 6.90. The maximum atomic E-state index is 13.4. The lowest BCUT2D eigenvalue weighted by Crippen LogP contribution is -2.73. The van der Waals surface area contributed by atoms with Gasteiger partial charge in [-0.2, -0.15) is 0 Å². The standard InChI is InChI=1S/C24H29N5O4/c1-26-17-21(30)28-20(29(26)24(32)25-15-18-9-5-3-6-10-18)16-27(13-14-33-2)23(31)22(28)19-11-7-4-8-12-19/h3-12,20,22H,13-17H2,1-2H3,(H,25,32)/t20-,22-/m0/s1. The fraction of sp³-hybridized carbons (Fsp3) is 0.375. The van der Waals surface area contributed by atoms with Gasteiger partial charge in [0.2, 0.25) is 11.8 Å². The first-order valence-corrected chi connectivity index (χ1v) is 11.0. The van der Waals surface area contributed by atoms with E-state index in [0.717, 1.165) is 11.1 Å². The summed E-state index contributed by atoms with van der Waals surface area (Å²) in [5.41, 5.74) is 1.69. The zero-order valence-corrected chi connectivity index (χ0v) is 18.9. The number of methoxy groups -OCH3 is 1. The van der Waals surface area contributed by atoms with Crippen LogP contribution in [0.1, 0.15) is 17.2 Å². The van der Waals surface area contributed by atoms with Gasteiger partial charge in [0.15, 0.2) is 0 Å². The molecular weight excluding hydrogens is 422 g/mol. The van der Waals surface area contributed by atoms with E-state index in [4.69, 9.17) is 4.74 Å². The molecule has 0 aliphatic carbocycles. The van der Waals surface area contributed by atoms with Crippen LogP contribution in [0.5, 0.6) is 0 Å². The predicted molar refractivity (Wildman–Crippen MR) is 121 cm³/mol. The first-order chi connectivity index (χ1) is 16.0. The third-order valence-electron chi connectivity index (χ3n) is 6.01. The SMILES string of the molecule is COCCN1C[C@H]2N(C(=O)CN(C)N2C(=O)NCc2ccccc2)[C@@H](c2ccccc2)C1=O. The molecule has 2 saturated heterocycles. The van der Waals surface area contributed by atoms with Gasteiger partial charge in [0.05, 0.1) is 19.7 Å². The topological polar surface area (TPSA) is 85.4 Å². The Bertz CT molecular complexity index is 987. The molecule has 2 aliphatic heterocycles. The summed E-state index contributed by atoms with van der Waals surface area (Å²) >= 11 is 0. The number of carbonyl (C=O) groups excluding carboxylic acids is 3. The molecule has 0 saturated carbocycles. The van der Waals surface area contributed by atoms with Crippen LogP contribution < -0.4 is 5.32 Å². The molecule has 2 atom stereocenters. The first-order valence-electron chi connectivity index (χ1n) is 11.0. The van der Waals surface area contributed by atoms with E-state index in [1.54, 1.807) is 34.0 Å². The molecule has 33 heavy (non-hydrogen) atoms. The van der Waals surface area contributed by atoms with Gasteiger partial charge in [-0.3, -0.25) is 9.59 Å². The second-order valence-corrected chi connectivity index (χ2v) is 8.18. The summed E-state index contributed by atoms with van der Waals surface area (Å²) in [6.45, 7) is 1.31. The van der Waals surface area contributed by atoms with Crippen molar-refractivity contribution in [2.45, 2.75) is 18.8 Å². The summed E-state index contributed by atoms with van der Waals surface area (Å²) in [5, 5.41) is 6.12. The molecule has 4 amide bonds. The van der Waals surface area contributed by atoms with Crippen LogP contribution in [0.25, 0.3) is 0 Å². The van der Waals surface area contributed by atoms with Gasteiger partial charge in [-0.25, -0.2) is 14.8 Å². The Hall–Kier alpha value is -3.43. The summed E-state index contributed by atoms with van der Waals surface area (Å²) < 4.78 is 5.20. The Labute approximate surface area is 193 Å².